The molecule has 2 rings (SSSR count). The maximum absolute atomic E-state index is 10.9. The average molecular weight is 305 g/mol. The number of carbonyl (C=O) groups is 1. The highest BCUT2D eigenvalue weighted by molar-refractivity contribution is 7.98. The molecule has 5 nitrogen and oxygen atoms in total. The lowest BCUT2D eigenvalue weighted by Gasteiger charge is -2.03. The molecule has 0 saturated carbocycles. The third kappa shape index (κ3) is 5.23. The van der Waals surface area contributed by atoms with Crippen molar-refractivity contribution in [3.8, 4) is 0 Å². The molecule has 0 saturated heterocycles. The highest BCUT2D eigenvalue weighted by Crippen LogP contribution is 2.23. The molecule has 112 valence electrons. The number of aromatic nitrogens is 2. The zero-order chi connectivity index (χ0) is 15.2. The maximum Gasteiger partial charge on any atom is 0.226 e. The SMILES string of the molecule is CC(=O)Nc1ccc(SCc2noc(CC(C)C)n2)cc1. The lowest BCUT2D eigenvalue weighted by atomic mass is 10.1. The van der Waals surface area contributed by atoms with Crippen molar-refractivity contribution >= 4 is 23.4 Å². The van der Waals surface area contributed by atoms with Crippen molar-refractivity contribution in [3.05, 3.63) is 36.0 Å². The Bertz CT molecular complexity index is 593. The average Bonchev–Trinajstić information content (AvgIpc) is 2.84. The van der Waals surface area contributed by atoms with Gasteiger partial charge in [0, 0.05) is 23.9 Å². The van der Waals surface area contributed by atoms with E-state index in [0.717, 1.165) is 17.0 Å². The van der Waals surface area contributed by atoms with Crippen LogP contribution < -0.4 is 5.32 Å². The predicted molar refractivity (Wildman–Crippen MR) is 83.1 cm³/mol. The molecule has 21 heavy (non-hydrogen) atoms. The zero-order valence-electron chi connectivity index (χ0n) is 12.4. The van der Waals surface area contributed by atoms with Crippen LogP contribution in [-0.4, -0.2) is 16.0 Å². The molecule has 0 radical (unpaired) electrons. The van der Waals surface area contributed by atoms with Crippen LogP contribution >= 0.6 is 11.8 Å². The van der Waals surface area contributed by atoms with Crippen LogP contribution in [0.25, 0.3) is 0 Å². The predicted octanol–water partition coefficient (Wildman–Crippen LogP) is 3.52. The first-order valence-electron chi connectivity index (χ1n) is 6.85. The van der Waals surface area contributed by atoms with Gasteiger partial charge in [0.05, 0.1) is 5.75 Å². The number of hydrogen-bond donors (Lipinski definition) is 1. The normalized spacial score (nSPS) is 10.9. The summed E-state index contributed by atoms with van der Waals surface area (Å²) in [5.41, 5.74) is 0.797. The van der Waals surface area contributed by atoms with Crippen LogP contribution in [0.15, 0.2) is 33.7 Å². The number of amides is 1. The Kier molecular flexibility index (Phi) is 5.38. The van der Waals surface area contributed by atoms with Gasteiger partial charge >= 0.3 is 0 Å². The van der Waals surface area contributed by atoms with Crippen molar-refractivity contribution in [2.24, 2.45) is 5.92 Å². The van der Waals surface area contributed by atoms with Gasteiger partial charge in [0.2, 0.25) is 11.8 Å². The summed E-state index contributed by atoms with van der Waals surface area (Å²) in [4.78, 5) is 16.4. The molecule has 0 unspecified atom stereocenters. The lowest BCUT2D eigenvalue weighted by molar-refractivity contribution is -0.114. The molecule has 2 aromatic rings. The summed E-state index contributed by atoms with van der Waals surface area (Å²) < 4.78 is 5.20. The third-order valence-corrected chi connectivity index (χ3v) is 3.64. The summed E-state index contributed by atoms with van der Waals surface area (Å²) in [5, 5.41) is 6.72. The van der Waals surface area contributed by atoms with Crippen molar-refractivity contribution < 1.29 is 9.32 Å². The van der Waals surface area contributed by atoms with Gasteiger partial charge in [0.25, 0.3) is 0 Å². The second-order valence-corrected chi connectivity index (χ2v) is 6.25. The summed E-state index contributed by atoms with van der Waals surface area (Å²) in [6.45, 7) is 5.73. The van der Waals surface area contributed by atoms with Gasteiger partial charge in [-0.25, -0.2) is 0 Å². The van der Waals surface area contributed by atoms with E-state index in [1.54, 1.807) is 11.8 Å². The molecule has 0 atom stereocenters. The Balaban J connectivity index is 1.87. The second kappa shape index (κ2) is 7.26. The Hall–Kier alpha value is -1.82. The Morgan fingerprint density at radius 2 is 2.05 bits per heavy atom. The first-order valence-corrected chi connectivity index (χ1v) is 7.83. The molecule has 0 aliphatic rings. The van der Waals surface area contributed by atoms with Crippen LogP contribution in [0.1, 0.15) is 32.5 Å². The number of benzene rings is 1. The van der Waals surface area contributed by atoms with E-state index >= 15 is 0 Å². The lowest BCUT2D eigenvalue weighted by Crippen LogP contribution is -2.05. The summed E-state index contributed by atoms with van der Waals surface area (Å²) in [6.07, 6.45) is 0.809. The number of anilines is 1. The number of hydrogen-bond acceptors (Lipinski definition) is 5. The van der Waals surface area contributed by atoms with Crippen LogP contribution in [-0.2, 0) is 17.0 Å². The number of rotatable bonds is 6. The summed E-state index contributed by atoms with van der Waals surface area (Å²) >= 11 is 1.64. The van der Waals surface area contributed by atoms with Gasteiger partial charge in [-0.05, 0) is 30.2 Å². The molecular formula is C15H19N3O2S. The van der Waals surface area contributed by atoms with E-state index in [2.05, 4.69) is 29.3 Å². The van der Waals surface area contributed by atoms with E-state index in [-0.39, 0.29) is 5.91 Å². The van der Waals surface area contributed by atoms with Gasteiger partial charge in [-0.15, -0.1) is 11.8 Å². The van der Waals surface area contributed by atoms with Gasteiger partial charge < -0.3 is 9.84 Å². The van der Waals surface area contributed by atoms with Crippen LogP contribution in [0, 0.1) is 5.92 Å². The molecule has 1 N–H and O–H groups in total. The largest absolute Gasteiger partial charge is 0.339 e. The number of thioether (sulfide) groups is 1. The molecule has 1 aromatic carbocycles. The van der Waals surface area contributed by atoms with Crippen molar-refractivity contribution in [3.63, 3.8) is 0 Å². The van der Waals surface area contributed by atoms with Crippen molar-refractivity contribution in [1.82, 2.24) is 10.1 Å². The van der Waals surface area contributed by atoms with Gasteiger partial charge in [-0.2, -0.15) is 4.98 Å². The smallest absolute Gasteiger partial charge is 0.226 e. The maximum atomic E-state index is 10.9. The molecule has 0 aliphatic carbocycles. The first-order chi connectivity index (χ1) is 10.0. The Labute approximate surface area is 128 Å². The standard InChI is InChI=1S/C15H19N3O2S/c1-10(2)8-15-17-14(18-20-15)9-21-13-6-4-12(5-7-13)16-11(3)19/h4-7,10H,8-9H2,1-3H3,(H,16,19). The quantitative estimate of drug-likeness (QED) is 0.827. The van der Waals surface area contributed by atoms with Gasteiger partial charge in [-0.1, -0.05) is 19.0 Å². The van der Waals surface area contributed by atoms with E-state index in [9.17, 15) is 4.79 Å². The highest BCUT2D eigenvalue weighted by Gasteiger charge is 2.08. The fraction of sp³-hybridized carbons (Fsp3) is 0.400. The minimum absolute atomic E-state index is 0.0696. The molecule has 1 amide bonds. The van der Waals surface area contributed by atoms with Crippen LogP contribution in [0.2, 0.25) is 0 Å². The second-order valence-electron chi connectivity index (χ2n) is 5.20. The van der Waals surface area contributed by atoms with E-state index in [1.165, 1.54) is 6.92 Å². The fourth-order valence-corrected chi connectivity index (χ4v) is 2.51. The summed E-state index contributed by atoms with van der Waals surface area (Å²) in [5.74, 6) is 2.51. The minimum Gasteiger partial charge on any atom is -0.339 e. The van der Waals surface area contributed by atoms with Gasteiger partial charge in [0.15, 0.2) is 5.82 Å². The molecule has 1 heterocycles. The first kappa shape index (κ1) is 15.6. The van der Waals surface area contributed by atoms with Crippen LogP contribution in [0.5, 0.6) is 0 Å². The van der Waals surface area contributed by atoms with Crippen LogP contribution in [0.3, 0.4) is 0 Å². The monoisotopic (exact) mass is 305 g/mol. The van der Waals surface area contributed by atoms with E-state index in [0.29, 0.717) is 23.4 Å². The van der Waals surface area contributed by atoms with Crippen molar-refractivity contribution in [1.29, 1.82) is 0 Å². The summed E-state index contributed by atoms with van der Waals surface area (Å²) in [7, 11) is 0. The fourth-order valence-electron chi connectivity index (χ4n) is 1.77. The molecule has 0 aliphatic heterocycles. The van der Waals surface area contributed by atoms with E-state index in [1.807, 2.05) is 24.3 Å². The van der Waals surface area contributed by atoms with Gasteiger partial charge in [0.1, 0.15) is 0 Å². The van der Waals surface area contributed by atoms with Crippen molar-refractivity contribution in [2.75, 3.05) is 5.32 Å². The Morgan fingerprint density at radius 1 is 1.33 bits per heavy atom. The molecule has 0 spiro atoms. The molecule has 0 fully saturated rings. The Morgan fingerprint density at radius 3 is 2.67 bits per heavy atom. The van der Waals surface area contributed by atoms with Crippen LogP contribution in [0.4, 0.5) is 5.69 Å². The topological polar surface area (TPSA) is 68.0 Å². The van der Waals surface area contributed by atoms with E-state index < -0.39 is 0 Å². The third-order valence-electron chi connectivity index (χ3n) is 2.64. The van der Waals surface area contributed by atoms with E-state index in [4.69, 9.17) is 4.52 Å². The molecular weight excluding hydrogens is 286 g/mol. The molecule has 1 aromatic heterocycles. The number of carbonyl (C=O) groups excluding carboxylic acids is 1. The number of nitrogens with one attached hydrogen (secondary N) is 1. The molecule has 6 heteroatoms. The summed E-state index contributed by atoms with van der Waals surface area (Å²) in [6, 6.07) is 7.68. The number of nitrogens with zero attached hydrogens (tertiary/aromatic N) is 2. The highest BCUT2D eigenvalue weighted by atomic mass is 32.2. The van der Waals surface area contributed by atoms with Crippen molar-refractivity contribution in [2.45, 2.75) is 37.8 Å². The molecule has 0 bridgehead atoms. The zero-order valence-corrected chi connectivity index (χ0v) is 13.2. The minimum atomic E-state index is -0.0696. The van der Waals surface area contributed by atoms with Gasteiger partial charge in [-0.3, -0.25) is 4.79 Å².